The van der Waals surface area contributed by atoms with Gasteiger partial charge in [0.1, 0.15) is 12.4 Å². The number of carbonyl (C=O) groups is 1. The number of hydrogen-bond donors (Lipinski definition) is 0. The molecule has 0 radical (unpaired) electrons. The molecule has 1 amide bonds. The van der Waals surface area contributed by atoms with Crippen molar-refractivity contribution in [2.45, 2.75) is 38.3 Å². The van der Waals surface area contributed by atoms with Crippen LogP contribution in [-0.2, 0) is 20.8 Å². The highest BCUT2D eigenvalue weighted by Gasteiger charge is 2.47. The molecular formula is C18H29N3O4. The van der Waals surface area contributed by atoms with Crippen molar-refractivity contribution in [2.24, 2.45) is 5.92 Å². The van der Waals surface area contributed by atoms with E-state index >= 15 is 0 Å². The molecule has 7 nitrogen and oxygen atoms in total. The van der Waals surface area contributed by atoms with E-state index in [0.29, 0.717) is 12.5 Å². The van der Waals surface area contributed by atoms with Crippen molar-refractivity contribution in [3.63, 3.8) is 0 Å². The molecule has 25 heavy (non-hydrogen) atoms. The molecule has 3 heterocycles. The Morgan fingerprint density at radius 2 is 2.28 bits per heavy atom. The Labute approximate surface area is 149 Å². The van der Waals surface area contributed by atoms with Crippen LogP contribution < -0.4 is 0 Å². The van der Waals surface area contributed by atoms with Crippen molar-refractivity contribution in [3.05, 3.63) is 17.5 Å². The summed E-state index contributed by atoms with van der Waals surface area (Å²) in [7, 11) is 3.49. The Bertz CT molecular complexity index is 581. The first-order valence-electron chi connectivity index (χ1n) is 9.02. The Balaban J connectivity index is 1.36. The Morgan fingerprint density at radius 1 is 1.48 bits per heavy atom. The number of ether oxygens (including phenoxy) is 2. The third kappa shape index (κ3) is 4.80. The number of likely N-dealkylation sites (tertiary alicyclic amines) is 1. The lowest BCUT2D eigenvalue weighted by Crippen LogP contribution is -2.64. The van der Waals surface area contributed by atoms with Crippen LogP contribution in [-0.4, -0.2) is 73.5 Å². The van der Waals surface area contributed by atoms with Gasteiger partial charge in [-0.2, -0.15) is 0 Å². The van der Waals surface area contributed by atoms with Gasteiger partial charge in [-0.25, -0.2) is 0 Å². The SMILES string of the molecule is Cc1cc(CN2CC3(CC(CCOCC(=O)N(C)C)CCO3)C2)no1. The molecule has 7 heteroatoms. The molecule has 1 atom stereocenters. The highest BCUT2D eigenvalue weighted by molar-refractivity contribution is 5.76. The molecule has 2 fully saturated rings. The van der Waals surface area contributed by atoms with Gasteiger partial charge in [0.2, 0.25) is 5.91 Å². The van der Waals surface area contributed by atoms with E-state index in [-0.39, 0.29) is 18.1 Å². The van der Waals surface area contributed by atoms with E-state index < -0.39 is 0 Å². The number of likely N-dealkylation sites (N-methyl/N-ethyl adjacent to an activating group) is 1. The summed E-state index contributed by atoms with van der Waals surface area (Å²) in [4.78, 5) is 15.4. The van der Waals surface area contributed by atoms with Crippen molar-refractivity contribution >= 4 is 5.91 Å². The number of rotatable bonds is 7. The van der Waals surface area contributed by atoms with Gasteiger partial charge in [-0.3, -0.25) is 9.69 Å². The summed E-state index contributed by atoms with van der Waals surface area (Å²) in [5.74, 6) is 1.48. The molecule has 140 valence electrons. The first-order valence-corrected chi connectivity index (χ1v) is 9.02. The normalized spacial score (nSPS) is 22.8. The molecule has 1 spiro atoms. The van der Waals surface area contributed by atoms with Crippen molar-refractivity contribution in [1.82, 2.24) is 15.0 Å². The number of aromatic nitrogens is 1. The lowest BCUT2D eigenvalue weighted by Gasteiger charge is -2.53. The molecule has 1 aromatic heterocycles. The van der Waals surface area contributed by atoms with E-state index in [2.05, 4.69) is 10.1 Å². The maximum atomic E-state index is 11.5. The monoisotopic (exact) mass is 351 g/mol. The van der Waals surface area contributed by atoms with Crippen molar-refractivity contribution in [3.8, 4) is 0 Å². The number of amides is 1. The standard InChI is InChI=1S/C18H29N3O4/c1-14-8-16(19-25-14)10-21-12-18(13-21)9-15(5-7-24-18)4-6-23-11-17(22)20(2)3/h8,15H,4-7,9-13H2,1-3H3. The zero-order valence-electron chi connectivity index (χ0n) is 15.5. The Morgan fingerprint density at radius 3 is 2.96 bits per heavy atom. The maximum absolute atomic E-state index is 11.5. The molecule has 2 aliphatic heterocycles. The topological polar surface area (TPSA) is 68.0 Å². The summed E-state index contributed by atoms with van der Waals surface area (Å²) in [6, 6.07) is 1.99. The lowest BCUT2D eigenvalue weighted by molar-refractivity contribution is -0.182. The molecule has 0 bridgehead atoms. The molecule has 1 aromatic rings. The smallest absolute Gasteiger partial charge is 0.248 e. The predicted molar refractivity (Wildman–Crippen MR) is 92.1 cm³/mol. The van der Waals surface area contributed by atoms with Crippen LogP contribution in [0.1, 0.15) is 30.7 Å². The van der Waals surface area contributed by atoms with E-state index in [1.807, 2.05) is 13.0 Å². The number of carbonyl (C=O) groups excluding carboxylic acids is 1. The molecule has 1 unspecified atom stereocenters. The zero-order chi connectivity index (χ0) is 17.9. The predicted octanol–water partition coefficient (Wildman–Crippen LogP) is 1.46. The highest BCUT2D eigenvalue weighted by Crippen LogP contribution is 2.38. The zero-order valence-corrected chi connectivity index (χ0v) is 15.5. The second kappa shape index (κ2) is 7.85. The summed E-state index contributed by atoms with van der Waals surface area (Å²) >= 11 is 0. The largest absolute Gasteiger partial charge is 0.372 e. The van der Waals surface area contributed by atoms with Crippen LogP contribution in [0.5, 0.6) is 0 Å². The third-order valence-electron chi connectivity index (χ3n) is 5.08. The summed E-state index contributed by atoms with van der Waals surface area (Å²) in [5, 5.41) is 4.06. The minimum absolute atomic E-state index is 0.00114. The van der Waals surface area contributed by atoms with Crippen LogP contribution in [0, 0.1) is 12.8 Å². The van der Waals surface area contributed by atoms with E-state index in [9.17, 15) is 4.79 Å². The molecule has 0 N–H and O–H groups in total. The van der Waals surface area contributed by atoms with E-state index in [1.54, 1.807) is 19.0 Å². The molecule has 2 saturated heterocycles. The summed E-state index contributed by atoms with van der Waals surface area (Å²) in [6.45, 7) is 6.28. The maximum Gasteiger partial charge on any atom is 0.248 e. The molecule has 0 aromatic carbocycles. The second-order valence-corrected chi connectivity index (χ2v) is 7.59. The fourth-order valence-electron chi connectivity index (χ4n) is 3.74. The number of nitrogens with zero attached hydrogens (tertiary/aromatic N) is 3. The highest BCUT2D eigenvalue weighted by atomic mass is 16.5. The molecule has 3 rings (SSSR count). The minimum Gasteiger partial charge on any atom is -0.372 e. The van der Waals surface area contributed by atoms with Crippen LogP contribution in [0.3, 0.4) is 0 Å². The second-order valence-electron chi connectivity index (χ2n) is 7.59. The number of hydrogen-bond acceptors (Lipinski definition) is 6. The van der Waals surface area contributed by atoms with Crippen molar-refractivity contribution in [2.75, 3.05) is 47.0 Å². The van der Waals surface area contributed by atoms with Gasteiger partial charge in [0.15, 0.2) is 0 Å². The van der Waals surface area contributed by atoms with Gasteiger partial charge in [0.25, 0.3) is 0 Å². The van der Waals surface area contributed by atoms with Gasteiger partial charge >= 0.3 is 0 Å². The first-order chi connectivity index (χ1) is 12.0. The van der Waals surface area contributed by atoms with Crippen LogP contribution in [0.2, 0.25) is 0 Å². The fourth-order valence-corrected chi connectivity index (χ4v) is 3.74. The Kier molecular flexibility index (Phi) is 5.76. The first kappa shape index (κ1) is 18.4. The third-order valence-corrected chi connectivity index (χ3v) is 5.08. The van der Waals surface area contributed by atoms with Gasteiger partial charge in [-0.1, -0.05) is 5.16 Å². The summed E-state index contributed by atoms with van der Waals surface area (Å²) in [5.41, 5.74) is 0.986. The van der Waals surface area contributed by atoms with E-state index in [4.69, 9.17) is 14.0 Å². The van der Waals surface area contributed by atoms with Crippen molar-refractivity contribution in [1.29, 1.82) is 0 Å². The molecule has 0 saturated carbocycles. The van der Waals surface area contributed by atoms with Gasteiger partial charge in [0.05, 0.1) is 11.3 Å². The average Bonchev–Trinajstić information content (AvgIpc) is 2.95. The summed E-state index contributed by atoms with van der Waals surface area (Å²) in [6.07, 6.45) is 3.15. The van der Waals surface area contributed by atoms with E-state index in [1.165, 1.54) is 0 Å². The van der Waals surface area contributed by atoms with E-state index in [0.717, 1.165) is 57.0 Å². The van der Waals surface area contributed by atoms with Gasteiger partial charge in [-0.15, -0.1) is 0 Å². The summed E-state index contributed by atoms with van der Waals surface area (Å²) < 4.78 is 16.7. The van der Waals surface area contributed by atoms with Crippen LogP contribution >= 0.6 is 0 Å². The molecule has 2 aliphatic rings. The van der Waals surface area contributed by atoms with Gasteiger partial charge in [-0.05, 0) is 32.1 Å². The Hall–Kier alpha value is -1.44. The van der Waals surface area contributed by atoms with Crippen LogP contribution in [0.25, 0.3) is 0 Å². The van der Waals surface area contributed by atoms with Crippen LogP contribution in [0.15, 0.2) is 10.6 Å². The molecular weight excluding hydrogens is 322 g/mol. The fraction of sp³-hybridized carbons (Fsp3) is 0.778. The number of aryl methyl sites for hydroxylation is 1. The van der Waals surface area contributed by atoms with Gasteiger partial charge in [0, 0.05) is 53.0 Å². The average molecular weight is 351 g/mol. The van der Waals surface area contributed by atoms with Gasteiger partial charge < -0.3 is 18.9 Å². The van der Waals surface area contributed by atoms with Crippen LogP contribution in [0.4, 0.5) is 0 Å². The quantitative estimate of drug-likeness (QED) is 0.693. The lowest BCUT2D eigenvalue weighted by atomic mass is 9.79. The minimum atomic E-state index is 0.00114. The molecule has 0 aliphatic carbocycles. The van der Waals surface area contributed by atoms with Crippen molar-refractivity contribution < 1.29 is 18.8 Å².